The summed E-state index contributed by atoms with van der Waals surface area (Å²) in [4.78, 5) is 19.8. The van der Waals surface area contributed by atoms with Crippen LogP contribution in [0.3, 0.4) is 0 Å². The fraction of sp³-hybridized carbons (Fsp3) is 0.629. The number of aliphatic hydroxyl groups excluding tert-OH is 2. The summed E-state index contributed by atoms with van der Waals surface area (Å²) in [5.41, 5.74) is 3.11. The molecule has 8 heteroatoms. The maximum atomic E-state index is 13.6. The Morgan fingerprint density at radius 3 is 2.53 bits per heavy atom. The van der Waals surface area contributed by atoms with Crippen molar-refractivity contribution in [2.24, 2.45) is 29.1 Å². The van der Waals surface area contributed by atoms with E-state index in [9.17, 15) is 15.0 Å². The summed E-state index contributed by atoms with van der Waals surface area (Å²) in [6.07, 6.45) is 1.12. The molecule has 3 saturated carbocycles. The minimum absolute atomic E-state index is 0.0403. The summed E-state index contributed by atoms with van der Waals surface area (Å²) < 4.78 is 11.9. The molecule has 6 rings (SSSR count). The van der Waals surface area contributed by atoms with Gasteiger partial charge in [-0.15, -0.1) is 0 Å². The van der Waals surface area contributed by atoms with E-state index in [4.69, 9.17) is 14.3 Å². The molecule has 3 N–H and O–H groups in total. The van der Waals surface area contributed by atoms with Gasteiger partial charge in [-0.3, -0.25) is 9.63 Å². The van der Waals surface area contributed by atoms with Crippen molar-refractivity contribution in [3.8, 4) is 22.6 Å². The van der Waals surface area contributed by atoms with Crippen LogP contribution in [0.4, 0.5) is 0 Å². The van der Waals surface area contributed by atoms with Crippen molar-refractivity contribution in [1.82, 2.24) is 10.4 Å². The Hall–Kier alpha value is -2.65. The molecule has 4 aliphatic rings. The number of para-hydroxylation sites is 1. The van der Waals surface area contributed by atoms with Crippen LogP contribution in [-0.2, 0) is 16.2 Å². The molecule has 2 aromatic carbocycles. The number of hydrogen-bond donors (Lipinski definition) is 3. The first-order chi connectivity index (χ1) is 20.4. The Bertz CT molecular complexity index is 1280. The highest BCUT2D eigenvalue weighted by Gasteiger charge is 2.56. The summed E-state index contributed by atoms with van der Waals surface area (Å²) >= 11 is 0. The van der Waals surface area contributed by atoms with Crippen LogP contribution in [0, 0.1) is 29.1 Å². The topological polar surface area (TPSA) is 100 Å². The zero-order valence-corrected chi connectivity index (χ0v) is 26.7. The molecule has 0 aromatic heterocycles. The van der Waals surface area contributed by atoms with E-state index in [1.54, 1.807) is 19.1 Å². The number of benzene rings is 2. The van der Waals surface area contributed by atoms with Gasteiger partial charge in [-0.05, 0) is 74.5 Å². The van der Waals surface area contributed by atoms with E-state index in [-0.39, 0.29) is 31.1 Å². The summed E-state index contributed by atoms with van der Waals surface area (Å²) in [5, 5.41) is 26.1. The molecule has 43 heavy (non-hydrogen) atoms. The molecule has 1 heterocycles. The minimum atomic E-state index is -0.765. The molecule has 0 spiro atoms. The molecule has 8 nitrogen and oxygen atoms in total. The first-order valence-corrected chi connectivity index (χ1v) is 15.9. The molecule has 0 radical (unpaired) electrons. The molecular weight excluding hydrogens is 544 g/mol. The van der Waals surface area contributed by atoms with Crippen LogP contribution in [0.5, 0.6) is 11.5 Å². The lowest BCUT2D eigenvalue weighted by atomic mass is 9.45. The normalized spacial score (nSPS) is 30.5. The third-order valence-electron chi connectivity index (χ3n) is 10.5. The number of hydroxylamine groups is 2. The van der Waals surface area contributed by atoms with Crippen molar-refractivity contribution >= 4 is 5.91 Å². The fourth-order valence-electron chi connectivity index (χ4n) is 8.09. The highest BCUT2D eigenvalue weighted by Crippen LogP contribution is 2.61. The number of hydrogen-bond acceptors (Lipinski definition) is 7. The van der Waals surface area contributed by atoms with E-state index in [1.165, 1.54) is 6.42 Å². The second-order valence-corrected chi connectivity index (χ2v) is 13.8. The number of nitrogens with one attached hydrogen (secondary N) is 1. The van der Waals surface area contributed by atoms with E-state index in [1.807, 2.05) is 56.3 Å². The van der Waals surface area contributed by atoms with Gasteiger partial charge in [0.2, 0.25) is 5.91 Å². The smallest absolute Gasteiger partial charge is 0.221 e. The van der Waals surface area contributed by atoms with Crippen LogP contribution in [0.2, 0.25) is 0 Å². The van der Waals surface area contributed by atoms with Gasteiger partial charge in [-0.1, -0.05) is 51.1 Å². The Kier molecular flexibility index (Phi) is 9.42. The highest BCUT2D eigenvalue weighted by molar-refractivity contribution is 5.77. The van der Waals surface area contributed by atoms with Crippen molar-refractivity contribution in [2.75, 3.05) is 13.7 Å². The van der Waals surface area contributed by atoms with Crippen LogP contribution in [0.1, 0.15) is 66.4 Å². The fourth-order valence-corrected chi connectivity index (χ4v) is 8.09. The molecule has 4 fully saturated rings. The Labute approximate surface area is 256 Å². The maximum absolute atomic E-state index is 13.6. The number of rotatable bonds is 11. The summed E-state index contributed by atoms with van der Waals surface area (Å²) in [6, 6.07) is 13.7. The van der Waals surface area contributed by atoms with E-state index in [0.29, 0.717) is 35.5 Å². The number of ether oxygens (including phenoxy) is 2. The standard InChI is InChI=1S/C35H50N2O6/c1-20(2)42-26-12-8-10-23(14-26)27-13-9-11-24(34(27)41-7)18-37-30(33(22(4)39)31(19-38)43-37)17-32(40)36-29-16-25-15-28(21(29)3)35(25,5)6/h8-14,20-22,25,28-31,33,38-39H,15-19H2,1-7H3,(H,36,40)/t21-,22-,25+,28-,29-,30+,31-,33?/m0/s1. The number of carbonyl (C=O) groups is 1. The molecule has 8 atom stereocenters. The third kappa shape index (κ3) is 6.30. The quantitative estimate of drug-likeness (QED) is 0.329. The van der Waals surface area contributed by atoms with Gasteiger partial charge in [0, 0.05) is 29.5 Å². The van der Waals surface area contributed by atoms with E-state index >= 15 is 0 Å². The predicted molar refractivity (Wildman–Crippen MR) is 166 cm³/mol. The molecule has 1 unspecified atom stereocenters. The Morgan fingerprint density at radius 2 is 1.91 bits per heavy atom. The van der Waals surface area contributed by atoms with Crippen molar-refractivity contribution in [3.05, 3.63) is 48.0 Å². The zero-order chi connectivity index (χ0) is 31.1. The molecular formula is C35H50N2O6. The van der Waals surface area contributed by atoms with Gasteiger partial charge in [0.15, 0.2) is 0 Å². The number of nitrogens with zero attached hydrogens (tertiary/aromatic N) is 1. The van der Waals surface area contributed by atoms with Gasteiger partial charge in [-0.25, -0.2) is 0 Å². The SMILES string of the molecule is COc1c(CN2O[C@@H](CO)C([C@H](C)O)[C@H]2CC(=O)N[C@H]2C[C@H]3C[C@@H]([C@@H]2C)C3(C)C)cccc1-c1cccc(OC(C)C)c1. The lowest BCUT2D eigenvalue weighted by molar-refractivity contribution is -0.180. The second-order valence-electron chi connectivity index (χ2n) is 13.8. The van der Waals surface area contributed by atoms with E-state index in [2.05, 4.69) is 26.1 Å². The molecule has 2 bridgehead atoms. The van der Waals surface area contributed by atoms with Crippen molar-refractivity contribution in [3.63, 3.8) is 0 Å². The highest BCUT2D eigenvalue weighted by atomic mass is 16.7. The van der Waals surface area contributed by atoms with Crippen LogP contribution in [0.15, 0.2) is 42.5 Å². The monoisotopic (exact) mass is 594 g/mol. The lowest BCUT2D eigenvalue weighted by Gasteiger charge is -2.62. The molecule has 1 aliphatic heterocycles. The van der Waals surface area contributed by atoms with Gasteiger partial charge in [0.05, 0.1) is 38.5 Å². The number of aliphatic hydroxyl groups is 2. The zero-order valence-electron chi connectivity index (χ0n) is 26.7. The second kappa shape index (κ2) is 12.8. The molecule has 3 aliphatic carbocycles. The van der Waals surface area contributed by atoms with E-state index < -0.39 is 24.2 Å². The largest absolute Gasteiger partial charge is 0.496 e. The van der Waals surface area contributed by atoms with Gasteiger partial charge in [-0.2, -0.15) is 5.06 Å². The van der Waals surface area contributed by atoms with Crippen molar-refractivity contribution in [1.29, 1.82) is 0 Å². The number of fused-ring (bicyclic) bond motifs is 2. The van der Waals surface area contributed by atoms with Gasteiger partial charge in [0.1, 0.15) is 17.6 Å². The molecule has 1 amide bonds. The third-order valence-corrected chi connectivity index (χ3v) is 10.5. The average Bonchev–Trinajstić information content (AvgIpc) is 3.30. The molecule has 1 saturated heterocycles. The van der Waals surface area contributed by atoms with Crippen LogP contribution >= 0.6 is 0 Å². The maximum Gasteiger partial charge on any atom is 0.221 e. The minimum Gasteiger partial charge on any atom is -0.496 e. The first-order valence-electron chi connectivity index (χ1n) is 15.9. The van der Waals surface area contributed by atoms with Crippen LogP contribution in [0.25, 0.3) is 11.1 Å². The average molecular weight is 595 g/mol. The lowest BCUT2D eigenvalue weighted by Crippen LogP contribution is -2.61. The molecule has 2 aromatic rings. The Morgan fingerprint density at radius 1 is 1.16 bits per heavy atom. The Balaban J connectivity index is 1.37. The van der Waals surface area contributed by atoms with Crippen molar-refractivity contribution < 1.29 is 29.3 Å². The summed E-state index contributed by atoms with van der Waals surface area (Å²) in [5.74, 6) is 2.72. The van der Waals surface area contributed by atoms with Gasteiger partial charge < -0.3 is 25.0 Å². The van der Waals surface area contributed by atoms with Crippen LogP contribution < -0.4 is 14.8 Å². The van der Waals surface area contributed by atoms with Crippen LogP contribution in [-0.4, -0.2) is 65.3 Å². The van der Waals surface area contributed by atoms with Crippen molar-refractivity contribution in [2.45, 2.75) is 97.7 Å². The number of amides is 1. The molecule has 236 valence electrons. The van der Waals surface area contributed by atoms with Gasteiger partial charge in [0.25, 0.3) is 0 Å². The number of carbonyl (C=O) groups excluding carboxylic acids is 1. The van der Waals surface area contributed by atoms with E-state index in [0.717, 1.165) is 28.9 Å². The number of methoxy groups -OCH3 is 1. The first kappa shape index (κ1) is 31.8. The summed E-state index contributed by atoms with van der Waals surface area (Å²) in [6.45, 7) is 12.8. The summed E-state index contributed by atoms with van der Waals surface area (Å²) in [7, 11) is 1.65. The predicted octanol–water partition coefficient (Wildman–Crippen LogP) is 5.20. The van der Waals surface area contributed by atoms with Gasteiger partial charge >= 0.3 is 0 Å².